The van der Waals surface area contributed by atoms with Crippen LogP contribution in [0.4, 0.5) is 17.6 Å². The van der Waals surface area contributed by atoms with Crippen LogP contribution in [0.15, 0.2) is 12.1 Å². The standard InChI is InChI=1S/C13H16Cl2N6O/c14-9-4-7(18-13-19-12(16)20-21-13)5-10(15)11(9)22-8-2-1-3-17-6-8/h4-5,8,17H,1-3,6H2,(H4,16,18,19,20,21). The first-order valence-electron chi connectivity index (χ1n) is 6.93. The Hall–Kier alpha value is -1.70. The molecule has 1 atom stereocenters. The summed E-state index contributed by atoms with van der Waals surface area (Å²) in [5, 5.41) is 13.5. The number of anilines is 3. The molecule has 0 radical (unpaired) electrons. The Kier molecular flexibility index (Phi) is 4.56. The van der Waals surface area contributed by atoms with Gasteiger partial charge >= 0.3 is 0 Å². The van der Waals surface area contributed by atoms with Gasteiger partial charge in [0, 0.05) is 12.2 Å². The second-order valence-electron chi connectivity index (χ2n) is 5.02. The monoisotopic (exact) mass is 342 g/mol. The van der Waals surface area contributed by atoms with Gasteiger partial charge in [-0.1, -0.05) is 23.2 Å². The molecule has 0 bridgehead atoms. The Labute approximate surface area is 137 Å². The van der Waals surface area contributed by atoms with Gasteiger partial charge in [-0.3, -0.25) is 0 Å². The van der Waals surface area contributed by atoms with E-state index < -0.39 is 0 Å². The van der Waals surface area contributed by atoms with Crippen LogP contribution in [0, 0.1) is 0 Å². The Morgan fingerprint density at radius 3 is 2.68 bits per heavy atom. The number of benzene rings is 1. The number of ether oxygens (including phenoxy) is 1. The molecule has 5 N–H and O–H groups in total. The third-order valence-corrected chi connectivity index (χ3v) is 3.85. The number of H-pyrrole nitrogens is 1. The average molecular weight is 343 g/mol. The predicted octanol–water partition coefficient (Wildman–Crippen LogP) is 2.57. The number of rotatable bonds is 4. The van der Waals surface area contributed by atoms with E-state index in [0.717, 1.165) is 25.9 Å². The molecule has 0 amide bonds. The maximum absolute atomic E-state index is 6.28. The van der Waals surface area contributed by atoms with Gasteiger partial charge in [0.05, 0.1) is 10.0 Å². The normalized spacial score (nSPS) is 18.2. The van der Waals surface area contributed by atoms with Crippen molar-refractivity contribution in [1.29, 1.82) is 0 Å². The van der Waals surface area contributed by atoms with Crippen LogP contribution in [-0.2, 0) is 0 Å². The van der Waals surface area contributed by atoms with Crippen LogP contribution in [0.25, 0.3) is 0 Å². The second kappa shape index (κ2) is 6.60. The van der Waals surface area contributed by atoms with Crippen LogP contribution in [0.3, 0.4) is 0 Å². The fourth-order valence-corrected chi connectivity index (χ4v) is 2.87. The molecule has 22 heavy (non-hydrogen) atoms. The topological polar surface area (TPSA) is 101 Å². The molecule has 1 saturated heterocycles. The number of nitrogens with two attached hydrogens (primary N) is 1. The predicted molar refractivity (Wildman–Crippen MR) is 87.1 cm³/mol. The van der Waals surface area contributed by atoms with Gasteiger partial charge in [0.15, 0.2) is 5.75 Å². The average Bonchev–Trinajstić information content (AvgIpc) is 2.89. The highest BCUT2D eigenvalue weighted by Crippen LogP contribution is 2.37. The van der Waals surface area contributed by atoms with E-state index in [1.807, 2.05) is 0 Å². The fourth-order valence-electron chi connectivity index (χ4n) is 2.29. The number of piperidine rings is 1. The van der Waals surface area contributed by atoms with Gasteiger partial charge in [0.1, 0.15) is 6.10 Å². The SMILES string of the molecule is Nc1nc(Nc2cc(Cl)c(OC3CCCNC3)c(Cl)c2)n[nH]1. The molecule has 1 aromatic carbocycles. The van der Waals surface area contributed by atoms with E-state index in [1.165, 1.54) is 0 Å². The zero-order chi connectivity index (χ0) is 15.5. The Balaban J connectivity index is 1.75. The van der Waals surface area contributed by atoms with Crippen molar-refractivity contribution in [2.45, 2.75) is 18.9 Å². The molecular weight excluding hydrogens is 327 g/mol. The molecule has 118 valence electrons. The van der Waals surface area contributed by atoms with Crippen LogP contribution in [0.1, 0.15) is 12.8 Å². The third-order valence-electron chi connectivity index (χ3n) is 3.29. The second-order valence-corrected chi connectivity index (χ2v) is 5.84. The lowest BCUT2D eigenvalue weighted by Gasteiger charge is -2.25. The number of nitrogens with zero attached hydrogens (tertiary/aromatic N) is 2. The summed E-state index contributed by atoms with van der Waals surface area (Å²) >= 11 is 12.6. The number of hydrogen-bond acceptors (Lipinski definition) is 6. The molecule has 2 aromatic rings. The van der Waals surface area contributed by atoms with Gasteiger partial charge in [0.2, 0.25) is 11.9 Å². The highest BCUT2D eigenvalue weighted by molar-refractivity contribution is 6.37. The number of halogens is 2. The van der Waals surface area contributed by atoms with E-state index >= 15 is 0 Å². The van der Waals surface area contributed by atoms with Gasteiger partial charge < -0.3 is 21.1 Å². The van der Waals surface area contributed by atoms with Crippen LogP contribution in [0.5, 0.6) is 5.75 Å². The first-order valence-corrected chi connectivity index (χ1v) is 7.69. The molecule has 3 rings (SSSR count). The number of hydrogen-bond donors (Lipinski definition) is 4. The third kappa shape index (κ3) is 3.55. The molecule has 0 spiro atoms. The Bertz CT molecular complexity index is 633. The Morgan fingerprint density at radius 1 is 1.32 bits per heavy atom. The molecule has 2 heterocycles. The van der Waals surface area contributed by atoms with Crippen molar-refractivity contribution in [1.82, 2.24) is 20.5 Å². The molecule has 1 fully saturated rings. The van der Waals surface area contributed by atoms with Crippen molar-refractivity contribution in [3.8, 4) is 5.75 Å². The van der Waals surface area contributed by atoms with Gasteiger partial charge in [-0.15, -0.1) is 5.10 Å². The molecule has 0 saturated carbocycles. The lowest BCUT2D eigenvalue weighted by molar-refractivity contribution is 0.167. The summed E-state index contributed by atoms with van der Waals surface area (Å²) in [6, 6.07) is 3.43. The maximum Gasteiger partial charge on any atom is 0.248 e. The number of aromatic nitrogens is 3. The van der Waals surface area contributed by atoms with Crippen molar-refractivity contribution in [3.05, 3.63) is 22.2 Å². The van der Waals surface area contributed by atoms with E-state index in [-0.39, 0.29) is 12.1 Å². The molecule has 9 heteroatoms. The zero-order valence-corrected chi connectivity index (χ0v) is 13.2. The minimum Gasteiger partial charge on any atom is -0.486 e. The van der Waals surface area contributed by atoms with E-state index in [1.54, 1.807) is 12.1 Å². The van der Waals surface area contributed by atoms with E-state index in [4.69, 9.17) is 33.7 Å². The van der Waals surface area contributed by atoms with Gasteiger partial charge in [-0.05, 0) is 31.5 Å². The minimum absolute atomic E-state index is 0.0790. The van der Waals surface area contributed by atoms with Crippen LogP contribution < -0.4 is 21.1 Å². The van der Waals surface area contributed by atoms with E-state index in [2.05, 4.69) is 25.8 Å². The first-order chi connectivity index (χ1) is 10.6. The highest BCUT2D eigenvalue weighted by Gasteiger charge is 2.18. The maximum atomic E-state index is 6.28. The summed E-state index contributed by atoms with van der Waals surface area (Å²) in [6.45, 7) is 1.81. The summed E-state index contributed by atoms with van der Waals surface area (Å²) in [6.07, 6.45) is 2.14. The number of nitrogen functional groups attached to an aromatic ring is 1. The highest BCUT2D eigenvalue weighted by atomic mass is 35.5. The molecule has 7 nitrogen and oxygen atoms in total. The number of aromatic amines is 1. The van der Waals surface area contributed by atoms with Crippen molar-refractivity contribution >= 4 is 40.8 Å². The van der Waals surface area contributed by atoms with Gasteiger partial charge in [0.25, 0.3) is 0 Å². The lowest BCUT2D eigenvalue weighted by atomic mass is 10.1. The molecule has 1 unspecified atom stereocenters. The smallest absolute Gasteiger partial charge is 0.248 e. The van der Waals surface area contributed by atoms with Crippen LogP contribution >= 0.6 is 23.2 Å². The largest absolute Gasteiger partial charge is 0.486 e. The van der Waals surface area contributed by atoms with Crippen molar-refractivity contribution in [2.75, 3.05) is 24.1 Å². The lowest BCUT2D eigenvalue weighted by Crippen LogP contribution is -2.37. The fraction of sp³-hybridized carbons (Fsp3) is 0.385. The van der Waals surface area contributed by atoms with Crippen LogP contribution in [-0.4, -0.2) is 34.4 Å². The van der Waals surface area contributed by atoms with Crippen molar-refractivity contribution in [2.24, 2.45) is 0 Å². The van der Waals surface area contributed by atoms with Crippen molar-refractivity contribution < 1.29 is 4.74 Å². The summed E-state index contributed by atoms with van der Waals surface area (Å²) in [5.41, 5.74) is 6.13. The quantitative estimate of drug-likeness (QED) is 0.681. The van der Waals surface area contributed by atoms with E-state index in [9.17, 15) is 0 Å². The summed E-state index contributed by atoms with van der Waals surface area (Å²) in [7, 11) is 0. The molecule has 0 aliphatic carbocycles. The van der Waals surface area contributed by atoms with Crippen LogP contribution in [0.2, 0.25) is 10.0 Å². The molecule has 1 aliphatic rings. The summed E-state index contributed by atoms with van der Waals surface area (Å²) < 4.78 is 5.91. The number of nitrogens with one attached hydrogen (secondary N) is 3. The minimum atomic E-state index is 0.0790. The Morgan fingerprint density at radius 2 is 2.09 bits per heavy atom. The molecule has 1 aliphatic heterocycles. The molecular formula is C13H16Cl2N6O. The van der Waals surface area contributed by atoms with Gasteiger partial charge in [-0.2, -0.15) is 4.98 Å². The van der Waals surface area contributed by atoms with Crippen molar-refractivity contribution in [3.63, 3.8) is 0 Å². The first kappa shape index (κ1) is 15.2. The summed E-state index contributed by atoms with van der Waals surface area (Å²) in [5.74, 6) is 1.07. The summed E-state index contributed by atoms with van der Waals surface area (Å²) in [4.78, 5) is 3.96. The molecule has 1 aromatic heterocycles. The van der Waals surface area contributed by atoms with Gasteiger partial charge in [-0.25, -0.2) is 5.10 Å². The zero-order valence-electron chi connectivity index (χ0n) is 11.7. The van der Waals surface area contributed by atoms with E-state index in [0.29, 0.717) is 27.4 Å².